The number of likely N-dealkylation sites (N-methyl/N-ethyl adjacent to an activating group) is 1. The van der Waals surface area contributed by atoms with Crippen molar-refractivity contribution in [3.05, 3.63) is 11.1 Å². The van der Waals surface area contributed by atoms with Crippen LogP contribution in [0.4, 0.5) is 0 Å². The Morgan fingerprint density at radius 3 is 2.62 bits per heavy atom. The summed E-state index contributed by atoms with van der Waals surface area (Å²) in [7, 11) is 2.51. The summed E-state index contributed by atoms with van der Waals surface area (Å²) in [6, 6.07) is 0. The Labute approximate surface area is 78.5 Å². The largest absolute Gasteiger partial charge is 0.354 e. The molecular formula is C7H12N2O3S. The van der Waals surface area contributed by atoms with Crippen molar-refractivity contribution in [2.45, 2.75) is 0 Å². The molecule has 0 aliphatic carbocycles. The maximum atomic E-state index is 11.3. The predicted octanol–water partition coefficient (Wildman–Crippen LogP) is 0.543. The number of nitrogens with one attached hydrogen (secondary N) is 1. The van der Waals surface area contributed by atoms with Gasteiger partial charge in [0.25, 0.3) is 5.91 Å². The third-order valence-electron chi connectivity index (χ3n) is 1.64. The van der Waals surface area contributed by atoms with Gasteiger partial charge in [-0.05, 0) is 0 Å². The van der Waals surface area contributed by atoms with Crippen LogP contribution in [0.1, 0.15) is 0 Å². The van der Waals surface area contributed by atoms with Gasteiger partial charge in [-0.2, -0.15) is 0 Å². The molecule has 0 saturated heterocycles. The first-order valence-electron chi connectivity index (χ1n) is 3.60. The van der Waals surface area contributed by atoms with Gasteiger partial charge in [-0.15, -0.1) is 10.6 Å². The molecule has 0 spiro atoms. The molecule has 0 aromatic carbocycles. The topological polar surface area (TPSA) is 59.9 Å². The van der Waals surface area contributed by atoms with Crippen molar-refractivity contribution in [2.75, 3.05) is 21.3 Å². The van der Waals surface area contributed by atoms with E-state index in [4.69, 9.17) is 8.37 Å². The van der Waals surface area contributed by atoms with E-state index in [1.807, 2.05) is 0 Å². The zero-order valence-electron chi connectivity index (χ0n) is 7.73. The lowest BCUT2D eigenvalue weighted by Gasteiger charge is -2.34. The van der Waals surface area contributed by atoms with Crippen molar-refractivity contribution in [3.63, 3.8) is 0 Å². The monoisotopic (exact) mass is 204 g/mol. The smallest absolute Gasteiger partial charge is 0.269 e. The quantitative estimate of drug-likeness (QED) is 0.730. The van der Waals surface area contributed by atoms with Crippen molar-refractivity contribution in [1.29, 1.82) is 0 Å². The van der Waals surface area contributed by atoms with Crippen molar-refractivity contribution in [1.82, 2.24) is 5.32 Å². The van der Waals surface area contributed by atoms with Gasteiger partial charge in [-0.1, -0.05) is 0 Å². The maximum Gasteiger partial charge on any atom is 0.269 e. The highest BCUT2D eigenvalue weighted by Crippen LogP contribution is 2.56. The number of aliphatic imine (C=N–C) groups is 1. The molecule has 0 radical (unpaired) electrons. The first kappa shape index (κ1) is 10.2. The van der Waals surface area contributed by atoms with Crippen LogP contribution in [0, 0.1) is 0 Å². The maximum absolute atomic E-state index is 11.3. The van der Waals surface area contributed by atoms with Crippen LogP contribution >= 0.6 is 10.6 Å². The second kappa shape index (κ2) is 3.91. The molecule has 1 aliphatic heterocycles. The summed E-state index contributed by atoms with van der Waals surface area (Å²) in [6.07, 6.45) is 1.46. The number of carbonyl (C=O) groups is 1. The number of carbonyl (C=O) groups excluding carboxylic acids is 1. The Hall–Kier alpha value is -0.850. The van der Waals surface area contributed by atoms with Crippen molar-refractivity contribution in [2.24, 2.45) is 4.99 Å². The minimum absolute atomic E-state index is 0.226. The van der Waals surface area contributed by atoms with E-state index in [1.165, 1.54) is 26.0 Å². The fourth-order valence-corrected chi connectivity index (χ4v) is 2.52. The first-order valence-corrected chi connectivity index (χ1v) is 5.15. The molecule has 0 atom stereocenters. The lowest BCUT2D eigenvalue weighted by molar-refractivity contribution is -0.116. The summed E-state index contributed by atoms with van der Waals surface area (Å²) in [5.41, 5.74) is 1.53. The Morgan fingerprint density at radius 1 is 1.54 bits per heavy atom. The molecule has 6 heteroatoms. The standard InChI is InChI=1S/C7H12N2O3S/c1-8-7(10)6-4-9-5-13(6,11-2)12-3/h4-5H,1-3H3,(H,8,10). The summed E-state index contributed by atoms with van der Waals surface area (Å²) in [6.45, 7) is 0. The zero-order chi connectivity index (χ0) is 9.90. The van der Waals surface area contributed by atoms with Crippen LogP contribution in [0.25, 0.3) is 0 Å². The lowest BCUT2D eigenvalue weighted by Crippen LogP contribution is -2.23. The van der Waals surface area contributed by atoms with E-state index in [2.05, 4.69) is 10.3 Å². The van der Waals surface area contributed by atoms with Gasteiger partial charge in [-0.25, -0.2) is 4.99 Å². The minimum atomic E-state index is -2.03. The second-order valence-electron chi connectivity index (χ2n) is 2.21. The second-order valence-corrected chi connectivity index (χ2v) is 4.61. The normalized spacial score (nSPS) is 21.0. The Morgan fingerprint density at radius 2 is 2.15 bits per heavy atom. The molecule has 0 bridgehead atoms. The third-order valence-corrected chi connectivity index (χ3v) is 3.94. The molecule has 0 unspecified atom stereocenters. The van der Waals surface area contributed by atoms with E-state index < -0.39 is 10.6 Å². The minimum Gasteiger partial charge on any atom is -0.354 e. The van der Waals surface area contributed by atoms with Crippen molar-refractivity contribution >= 4 is 22.0 Å². The van der Waals surface area contributed by atoms with Gasteiger partial charge in [0.05, 0.1) is 20.4 Å². The number of hydrogen-bond acceptors (Lipinski definition) is 4. The molecule has 0 aromatic rings. The van der Waals surface area contributed by atoms with Crippen LogP contribution in [0.3, 0.4) is 0 Å². The van der Waals surface area contributed by atoms with Crippen LogP contribution in [0.2, 0.25) is 0 Å². The highest BCUT2D eigenvalue weighted by molar-refractivity contribution is 8.40. The van der Waals surface area contributed by atoms with Gasteiger partial charge in [-0.3, -0.25) is 13.2 Å². The van der Waals surface area contributed by atoms with Gasteiger partial charge in [0.15, 0.2) is 0 Å². The van der Waals surface area contributed by atoms with Gasteiger partial charge >= 0.3 is 0 Å². The van der Waals surface area contributed by atoms with E-state index in [1.54, 1.807) is 7.05 Å². The molecular weight excluding hydrogens is 192 g/mol. The van der Waals surface area contributed by atoms with Gasteiger partial charge in [0.1, 0.15) is 10.5 Å². The fourth-order valence-electron chi connectivity index (χ4n) is 0.953. The predicted molar refractivity (Wildman–Crippen MR) is 52.3 cm³/mol. The summed E-state index contributed by atoms with van der Waals surface area (Å²) in [4.78, 5) is 15.6. The molecule has 0 aromatic heterocycles. The van der Waals surface area contributed by atoms with E-state index in [0.29, 0.717) is 4.91 Å². The average Bonchev–Trinajstić information content (AvgIpc) is 2.60. The Bertz CT molecular complexity index is 271. The lowest BCUT2D eigenvalue weighted by atomic mass is 10.5. The van der Waals surface area contributed by atoms with E-state index in [0.717, 1.165) is 0 Å². The van der Waals surface area contributed by atoms with Crippen LogP contribution in [-0.4, -0.2) is 32.7 Å². The number of hydrogen-bond donors (Lipinski definition) is 1. The molecule has 0 saturated carbocycles. The number of rotatable bonds is 3. The average molecular weight is 204 g/mol. The van der Waals surface area contributed by atoms with Crippen LogP contribution in [0.5, 0.6) is 0 Å². The van der Waals surface area contributed by atoms with Gasteiger partial charge in [0, 0.05) is 7.05 Å². The molecule has 0 fully saturated rings. The molecule has 13 heavy (non-hydrogen) atoms. The molecule has 1 N–H and O–H groups in total. The number of amides is 1. The fraction of sp³-hybridized carbons (Fsp3) is 0.429. The SMILES string of the molecule is CNC(=O)C1=CN=CS1(OC)OC. The summed E-state index contributed by atoms with van der Waals surface area (Å²) >= 11 is 0. The van der Waals surface area contributed by atoms with Crippen LogP contribution < -0.4 is 5.32 Å². The number of nitrogens with zero attached hydrogens (tertiary/aromatic N) is 1. The van der Waals surface area contributed by atoms with Crippen LogP contribution in [-0.2, 0) is 13.2 Å². The first-order chi connectivity index (χ1) is 6.20. The molecule has 1 rings (SSSR count). The van der Waals surface area contributed by atoms with Crippen molar-refractivity contribution in [3.8, 4) is 0 Å². The highest BCUT2D eigenvalue weighted by atomic mass is 32.3. The summed E-state index contributed by atoms with van der Waals surface area (Å²) in [5, 5.41) is 2.50. The third kappa shape index (κ3) is 1.60. The van der Waals surface area contributed by atoms with Crippen molar-refractivity contribution < 1.29 is 13.2 Å². The van der Waals surface area contributed by atoms with Gasteiger partial charge in [0.2, 0.25) is 0 Å². The molecule has 74 valence electrons. The molecule has 5 nitrogen and oxygen atoms in total. The highest BCUT2D eigenvalue weighted by Gasteiger charge is 2.31. The Kier molecular flexibility index (Phi) is 3.07. The van der Waals surface area contributed by atoms with E-state index >= 15 is 0 Å². The molecule has 1 amide bonds. The Balaban J connectivity index is 2.94. The molecule has 1 aliphatic rings. The summed E-state index contributed by atoms with van der Waals surface area (Å²) in [5.74, 6) is -0.226. The zero-order valence-corrected chi connectivity index (χ0v) is 8.55. The summed E-state index contributed by atoms with van der Waals surface area (Å²) < 4.78 is 10.3. The van der Waals surface area contributed by atoms with E-state index in [9.17, 15) is 4.79 Å². The van der Waals surface area contributed by atoms with Crippen LogP contribution in [0.15, 0.2) is 16.1 Å². The van der Waals surface area contributed by atoms with E-state index in [-0.39, 0.29) is 5.91 Å². The van der Waals surface area contributed by atoms with Gasteiger partial charge < -0.3 is 5.32 Å². The molecule has 1 heterocycles.